The molecule has 0 amide bonds. The number of rotatable bonds is 5. The fourth-order valence-corrected chi connectivity index (χ4v) is 2.05. The van der Waals surface area contributed by atoms with Crippen LogP contribution in [-0.2, 0) is 0 Å². The van der Waals surface area contributed by atoms with Crippen molar-refractivity contribution in [3.8, 4) is 12.0 Å². The summed E-state index contributed by atoms with van der Waals surface area (Å²) in [5, 5.41) is 3.21. The summed E-state index contributed by atoms with van der Waals surface area (Å²) in [6, 6.07) is 0.538. The van der Waals surface area contributed by atoms with Crippen LogP contribution in [0.4, 0.5) is 5.95 Å². The number of aromatic nitrogens is 3. The van der Waals surface area contributed by atoms with Gasteiger partial charge in [-0.1, -0.05) is 12.8 Å². The monoisotopic (exact) mass is 238 g/mol. The highest BCUT2D eigenvalue weighted by molar-refractivity contribution is 5.27. The van der Waals surface area contributed by atoms with Gasteiger partial charge in [0.1, 0.15) is 0 Å². The first-order chi connectivity index (χ1) is 8.31. The second-order valence-electron chi connectivity index (χ2n) is 4.16. The van der Waals surface area contributed by atoms with E-state index in [9.17, 15) is 0 Å². The van der Waals surface area contributed by atoms with E-state index in [4.69, 9.17) is 9.47 Å². The summed E-state index contributed by atoms with van der Waals surface area (Å²) in [4.78, 5) is 12.2. The summed E-state index contributed by atoms with van der Waals surface area (Å²) < 4.78 is 9.97. The fourth-order valence-electron chi connectivity index (χ4n) is 2.05. The van der Waals surface area contributed by atoms with Crippen molar-refractivity contribution in [3.05, 3.63) is 0 Å². The van der Waals surface area contributed by atoms with Gasteiger partial charge >= 0.3 is 12.0 Å². The van der Waals surface area contributed by atoms with E-state index in [0.717, 1.165) is 12.5 Å². The molecular weight excluding hydrogens is 220 g/mol. The van der Waals surface area contributed by atoms with Gasteiger partial charge in [-0.3, -0.25) is 0 Å². The van der Waals surface area contributed by atoms with Gasteiger partial charge in [-0.25, -0.2) is 0 Å². The minimum Gasteiger partial charge on any atom is -0.467 e. The zero-order valence-corrected chi connectivity index (χ0v) is 10.3. The van der Waals surface area contributed by atoms with E-state index in [0.29, 0.717) is 5.95 Å². The predicted molar refractivity (Wildman–Crippen MR) is 63.4 cm³/mol. The van der Waals surface area contributed by atoms with E-state index in [2.05, 4.69) is 20.3 Å². The van der Waals surface area contributed by atoms with Crippen LogP contribution in [0.5, 0.6) is 12.0 Å². The Morgan fingerprint density at radius 1 is 1.06 bits per heavy atom. The maximum Gasteiger partial charge on any atom is 0.324 e. The molecule has 2 rings (SSSR count). The Morgan fingerprint density at radius 3 is 2.18 bits per heavy atom. The average Bonchev–Trinajstić information content (AvgIpc) is 2.89. The molecule has 6 nitrogen and oxygen atoms in total. The Bertz CT molecular complexity index is 344. The van der Waals surface area contributed by atoms with Crippen molar-refractivity contribution in [3.63, 3.8) is 0 Å². The lowest BCUT2D eigenvalue weighted by Gasteiger charge is -2.11. The largest absolute Gasteiger partial charge is 0.467 e. The Labute approximate surface area is 101 Å². The lowest BCUT2D eigenvalue weighted by molar-refractivity contribution is 0.341. The Morgan fingerprint density at radius 2 is 1.65 bits per heavy atom. The van der Waals surface area contributed by atoms with Crippen LogP contribution in [0.15, 0.2) is 0 Å². The summed E-state index contributed by atoms with van der Waals surface area (Å²) in [5.74, 6) is 1.24. The molecule has 6 heteroatoms. The van der Waals surface area contributed by atoms with Gasteiger partial charge in [0.05, 0.1) is 14.2 Å². The number of ether oxygens (including phenoxy) is 2. The van der Waals surface area contributed by atoms with Crippen LogP contribution in [0.25, 0.3) is 0 Å². The lowest BCUT2D eigenvalue weighted by Crippen LogP contribution is -2.14. The van der Waals surface area contributed by atoms with Crippen LogP contribution in [0, 0.1) is 5.92 Å². The zero-order chi connectivity index (χ0) is 12.1. The zero-order valence-electron chi connectivity index (χ0n) is 10.3. The van der Waals surface area contributed by atoms with Crippen LogP contribution in [0.2, 0.25) is 0 Å². The van der Waals surface area contributed by atoms with E-state index in [1.807, 2.05) is 0 Å². The molecule has 0 spiro atoms. The summed E-state index contributed by atoms with van der Waals surface area (Å²) >= 11 is 0. The molecule has 0 aromatic carbocycles. The van der Waals surface area contributed by atoms with Crippen LogP contribution >= 0.6 is 0 Å². The molecule has 1 saturated carbocycles. The Hall–Kier alpha value is -1.59. The van der Waals surface area contributed by atoms with Crippen molar-refractivity contribution in [1.82, 2.24) is 15.0 Å². The molecule has 0 aliphatic heterocycles. The molecule has 0 saturated heterocycles. The highest BCUT2D eigenvalue weighted by Gasteiger charge is 2.15. The summed E-state index contributed by atoms with van der Waals surface area (Å²) in [7, 11) is 3.05. The van der Waals surface area contributed by atoms with E-state index in [1.165, 1.54) is 39.9 Å². The van der Waals surface area contributed by atoms with Crippen molar-refractivity contribution >= 4 is 5.95 Å². The third kappa shape index (κ3) is 3.18. The van der Waals surface area contributed by atoms with Crippen LogP contribution in [0.1, 0.15) is 25.7 Å². The number of nitrogens with zero attached hydrogens (tertiary/aromatic N) is 3. The average molecular weight is 238 g/mol. The molecule has 1 fully saturated rings. The maximum absolute atomic E-state index is 4.99. The molecule has 1 aliphatic rings. The van der Waals surface area contributed by atoms with Gasteiger partial charge < -0.3 is 14.8 Å². The van der Waals surface area contributed by atoms with Gasteiger partial charge in [0.25, 0.3) is 0 Å². The van der Waals surface area contributed by atoms with Crippen LogP contribution in [0.3, 0.4) is 0 Å². The summed E-state index contributed by atoms with van der Waals surface area (Å²) in [5.41, 5.74) is 0. The molecule has 17 heavy (non-hydrogen) atoms. The van der Waals surface area contributed by atoms with Gasteiger partial charge in [-0.05, 0) is 18.8 Å². The highest BCUT2D eigenvalue weighted by atomic mass is 16.5. The standard InChI is InChI=1S/C11H18N4O2/c1-16-10-13-9(14-11(15-10)17-2)12-7-8-5-3-4-6-8/h8H,3-7H2,1-2H3,(H,12,13,14,15). The molecule has 1 aliphatic carbocycles. The molecule has 0 radical (unpaired) electrons. The molecular formula is C11H18N4O2. The number of methoxy groups -OCH3 is 2. The Balaban J connectivity index is 1.98. The molecule has 0 atom stereocenters. The van der Waals surface area contributed by atoms with E-state index < -0.39 is 0 Å². The molecule has 94 valence electrons. The molecule has 1 aromatic heterocycles. The third-order valence-corrected chi connectivity index (χ3v) is 2.98. The molecule has 1 aromatic rings. The number of nitrogens with one attached hydrogen (secondary N) is 1. The van der Waals surface area contributed by atoms with Gasteiger partial charge in [0.2, 0.25) is 5.95 Å². The first kappa shape index (κ1) is 11.9. The van der Waals surface area contributed by atoms with Crippen molar-refractivity contribution < 1.29 is 9.47 Å². The molecule has 0 bridgehead atoms. The molecule has 1 heterocycles. The normalized spacial score (nSPS) is 15.9. The van der Waals surface area contributed by atoms with E-state index >= 15 is 0 Å². The maximum atomic E-state index is 4.99. The second-order valence-corrected chi connectivity index (χ2v) is 4.16. The third-order valence-electron chi connectivity index (χ3n) is 2.98. The lowest BCUT2D eigenvalue weighted by atomic mass is 10.1. The number of hydrogen-bond acceptors (Lipinski definition) is 6. The first-order valence-corrected chi connectivity index (χ1v) is 5.89. The topological polar surface area (TPSA) is 69.2 Å². The van der Waals surface area contributed by atoms with Crippen LogP contribution < -0.4 is 14.8 Å². The van der Waals surface area contributed by atoms with Crippen molar-refractivity contribution in [2.45, 2.75) is 25.7 Å². The fraction of sp³-hybridized carbons (Fsp3) is 0.727. The van der Waals surface area contributed by atoms with Crippen molar-refractivity contribution in [2.75, 3.05) is 26.1 Å². The quantitative estimate of drug-likeness (QED) is 0.838. The minimum atomic E-state index is 0.269. The van der Waals surface area contributed by atoms with E-state index in [1.54, 1.807) is 0 Å². The van der Waals surface area contributed by atoms with Crippen LogP contribution in [-0.4, -0.2) is 35.7 Å². The summed E-state index contributed by atoms with van der Waals surface area (Å²) in [6.07, 6.45) is 5.23. The summed E-state index contributed by atoms with van der Waals surface area (Å²) in [6.45, 7) is 0.899. The Kier molecular flexibility index (Phi) is 3.95. The first-order valence-electron chi connectivity index (χ1n) is 5.89. The number of hydrogen-bond donors (Lipinski definition) is 1. The second kappa shape index (κ2) is 5.65. The smallest absolute Gasteiger partial charge is 0.324 e. The van der Waals surface area contributed by atoms with Gasteiger partial charge in [-0.15, -0.1) is 4.98 Å². The van der Waals surface area contributed by atoms with Crippen molar-refractivity contribution in [1.29, 1.82) is 0 Å². The molecule has 0 unspecified atom stereocenters. The predicted octanol–water partition coefficient (Wildman–Crippen LogP) is 1.49. The minimum absolute atomic E-state index is 0.269. The molecule has 1 N–H and O–H groups in total. The number of anilines is 1. The van der Waals surface area contributed by atoms with Gasteiger partial charge in [0, 0.05) is 6.54 Å². The van der Waals surface area contributed by atoms with Crippen molar-refractivity contribution in [2.24, 2.45) is 5.92 Å². The van der Waals surface area contributed by atoms with Gasteiger partial charge in [-0.2, -0.15) is 9.97 Å². The SMILES string of the molecule is COc1nc(NCC2CCCC2)nc(OC)n1. The van der Waals surface area contributed by atoms with Gasteiger partial charge in [0.15, 0.2) is 0 Å². The van der Waals surface area contributed by atoms with E-state index in [-0.39, 0.29) is 12.0 Å². The highest BCUT2D eigenvalue weighted by Crippen LogP contribution is 2.24.